The van der Waals surface area contributed by atoms with Crippen LogP contribution in [-0.4, -0.2) is 13.4 Å². The molecule has 1 heterocycles. The minimum absolute atomic E-state index is 0.0766. The number of nitrogens with zero attached hydrogens (tertiary/aromatic N) is 1. The number of nitrogens with two attached hydrogens (primary N) is 1. The number of hydrogen-bond donors (Lipinski definition) is 1. The van der Waals surface area contributed by atoms with Crippen LogP contribution in [0.25, 0.3) is 0 Å². The predicted octanol–water partition coefficient (Wildman–Crippen LogP) is 1.89. The number of benzene rings is 1. The van der Waals surface area contributed by atoms with Crippen LogP contribution >= 0.6 is 0 Å². The Bertz CT molecular complexity index is 779. The van der Waals surface area contributed by atoms with E-state index in [4.69, 9.17) is 9.88 Å². The molecule has 0 amide bonds. The van der Waals surface area contributed by atoms with Crippen LogP contribution in [0.4, 0.5) is 8.78 Å². The molecule has 0 aliphatic rings. The second kappa shape index (κ2) is 5.74. The molecule has 0 aliphatic heterocycles. The lowest BCUT2D eigenvalue weighted by molar-refractivity contribution is 0.279. The first-order valence-corrected chi connectivity index (χ1v) is 7.40. The fourth-order valence-electron chi connectivity index (χ4n) is 1.68. The summed E-state index contributed by atoms with van der Waals surface area (Å²) in [5.74, 6) is -3.38. The van der Waals surface area contributed by atoms with Gasteiger partial charge in [-0.3, -0.25) is 4.98 Å². The summed E-state index contributed by atoms with van der Waals surface area (Å²) < 4.78 is 54.6. The summed E-state index contributed by atoms with van der Waals surface area (Å²) in [7, 11) is -4.33. The van der Waals surface area contributed by atoms with Crippen molar-refractivity contribution in [2.45, 2.75) is 18.4 Å². The maximum atomic E-state index is 13.7. The van der Waals surface area contributed by atoms with E-state index in [0.29, 0.717) is 5.69 Å². The van der Waals surface area contributed by atoms with Gasteiger partial charge in [0, 0.05) is 5.69 Å². The first kappa shape index (κ1) is 15.3. The number of halogens is 2. The highest BCUT2D eigenvalue weighted by Gasteiger charge is 2.21. The minimum atomic E-state index is -4.33. The lowest BCUT2D eigenvalue weighted by Gasteiger charge is -2.09. The van der Waals surface area contributed by atoms with Gasteiger partial charge in [0.05, 0.1) is 5.69 Å². The van der Waals surface area contributed by atoms with Gasteiger partial charge in [-0.15, -0.1) is 0 Å². The van der Waals surface area contributed by atoms with Crippen LogP contribution in [0.1, 0.15) is 11.4 Å². The molecule has 2 N–H and O–H groups in total. The molecule has 8 heteroatoms. The van der Waals surface area contributed by atoms with Crippen molar-refractivity contribution in [3.05, 3.63) is 53.4 Å². The topological polar surface area (TPSA) is 82.3 Å². The Morgan fingerprint density at radius 1 is 1.19 bits per heavy atom. The zero-order valence-corrected chi connectivity index (χ0v) is 11.8. The van der Waals surface area contributed by atoms with E-state index in [0.717, 1.165) is 17.8 Å². The van der Waals surface area contributed by atoms with Gasteiger partial charge in [0.15, 0.2) is 11.6 Å². The molecule has 0 bridgehead atoms. The van der Waals surface area contributed by atoms with E-state index < -0.39 is 32.3 Å². The number of pyridine rings is 1. The van der Waals surface area contributed by atoms with E-state index in [1.54, 1.807) is 25.1 Å². The van der Waals surface area contributed by atoms with Crippen molar-refractivity contribution in [2.75, 3.05) is 0 Å². The SMILES string of the molecule is Cc1cccc(COc2ccc(S(N)(=O)=O)c(F)c2F)n1. The third-order valence-corrected chi connectivity index (χ3v) is 3.57. The maximum absolute atomic E-state index is 13.7. The lowest BCUT2D eigenvalue weighted by Crippen LogP contribution is -2.15. The monoisotopic (exact) mass is 314 g/mol. The van der Waals surface area contributed by atoms with Crippen molar-refractivity contribution in [3.63, 3.8) is 0 Å². The molecule has 21 heavy (non-hydrogen) atoms. The number of ether oxygens (including phenoxy) is 1. The quantitative estimate of drug-likeness (QED) is 0.934. The summed E-state index contributed by atoms with van der Waals surface area (Å²) >= 11 is 0. The molecule has 0 spiro atoms. The van der Waals surface area contributed by atoms with Gasteiger partial charge in [0.1, 0.15) is 11.5 Å². The van der Waals surface area contributed by atoms with E-state index in [-0.39, 0.29) is 6.61 Å². The largest absolute Gasteiger partial charge is 0.484 e. The minimum Gasteiger partial charge on any atom is -0.484 e. The highest BCUT2D eigenvalue weighted by Crippen LogP contribution is 2.25. The third-order valence-electron chi connectivity index (χ3n) is 2.64. The first-order valence-electron chi connectivity index (χ1n) is 5.85. The smallest absolute Gasteiger partial charge is 0.241 e. The summed E-state index contributed by atoms with van der Waals surface area (Å²) in [6, 6.07) is 7.06. The van der Waals surface area contributed by atoms with Crippen molar-refractivity contribution in [1.82, 2.24) is 4.98 Å². The molecule has 0 aliphatic carbocycles. The maximum Gasteiger partial charge on any atom is 0.241 e. The molecule has 112 valence electrons. The molecule has 0 fully saturated rings. The van der Waals surface area contributed by atoms with Crippen molar-refractivity contribution >= 4 is 10.0 Å². The Hall–Kier alpha value is -2.06. The molecule has 0 saturated heterocycles. The molecule has 5 nitrogen and oxygen atoms in total. The average molecular weight is 314 g/mol. The Kier molecular flexibility index (Phi) is 4.19. The van der Waals surface area contributed by atoms with Crippen molar-refractivity contribution in [2.24, 2.45) is 5.14 Å². The summed E-state index contributed by atoms with van der Waals surface area (Å²) in [4.78, 5) is 3.22. The summed E-state index contributed by atoms with van der Waals surface area (Å²) in [5.41, 5.74) is 1.29. The van der Waals surface area contributed by atoms with Gasteiger partial charge in [0.25, 0.3) is 0 Å². The lowest BCUT2D eigenvalue weighted by atomic mass is 10.3. The van der Waals surface area contributed by atoms with Gasteiger partial charge in [0.2, 0.25) is 15.8 Å². The molecule has 2 rings (SSSR count). The Morgan fingerprint density at radius 2 is 1.90 bits per heavy atom. The number of aryl methyl sites for hydroxylation is 1. The zero-order valence-electron chi connectivity index (χ0n) is 11.0. The third kappa shape index (κ3) is 3.53. The molecule has 1 aromatic heterocycles. The van der Waals surface area contributed by atoms with Gasteiger partial charge in [-0.05, 0) is 31.2 Å². The van der Waals surface area contributed by atoms with Crippen LogP contribution < -0.4 is 9.88 Å². The first-order chi connectivity index (χ1) is 9.79. The average Bonchev–Trinajstić information content (AvgIpc) is 2.39. The van der Waals surface area contributed by atoms with E-state index in [2.05, 4.69) is 4.98 Å². The summed E-state index contributed by atoms with van der Waals surface area (Å²) in [6.45, 7) is 1.71. The van der Waals surface area contributed by atoms with Gasteiger partial charge in [-0.2, -0.15) is 4.39 Å². The molecule has 0 saturated carbocycles. The standard InChI is InChI=1S/C13H12F2N2O3S/c1-8-3-2-4-9(17-8)7-20-10-5-6-11(21(16,18)19)13(15)12(10)14/h2-6H,7H2,1H3,(H2,16,18,19). The van der Waals surface area contributed by atoms with Crippen LogP contribution in [0.5, 0.6) is 5.75 Å². The highest BCUT2D eigenvalue weighted by atomic mass is 32.2. The van der Waals surface area contributed by atoms with Crippen LogP contribution in [0, 0.1) is 18.6 Å². The van der Waals surface area contributed by atoms with Gasteiger partial charge in [-0.25, -0.2) is 17.9 Å². The summed E-state index contributed by atoms with van der Waals surface area (Å²) in [6.07, 6.45) is 0. The highest BCUT2D eigenvalue weighted by molar-refractivity contribution is 7.89. The molecule has 0 unspecified atom stereocenters. The molecular weight excluding hydrogens is 302 g/mol. The molecular formula is C13H12F2N2O3S. The van der Waals surface area contributed by atoms with Crippen molar-refractivity contribution in [1.29, 1.82) is 0 Å². The Balaban J connectivity index is 2.24. The van der Waals surface area contributed by atoms with Gasteiger partial charge < -0.3 is 4.74 Å². The van der Waals surface area contributed by atoms with E-state index in [1.807, 2.05) is 0 Å². The van der Waals surface area contributed by atoms with Crippen LogP contribution in [0.3, 0.4) is 0 Å². The number of primary sulfonamides is 1. The number of hydrogen-bond acceptors (Lipinski definition) is 4. The summed E-state index contributed by atoms with van der Waals surface area (Å²) in [5, 5.41) is 4.77. The fraction of sp³-hybridized carbons (Fsp3) is 0.154. The van der Waals surface area contributed by atoms with E-state index in [9.17, 15) is 17.2 Å². The van der Waals surface area contributed by atoms with Crippen LogP contribution in [-0.2, 0) is 16.6 Å². The normalized spacial score (nSPS) is 11.4. The Labute approximate surface area is 120 Å². The van der Waals surface area contributed by atoms with Crippen LogP contribution in [0.15, 0.2) is 35.2 Å². The second-order valence-corrected chi connectivity index (χ2v) is 5.82. The zero-order chi connectivity index (χ0) is 15.6. The van der Waals surface area contributed by atoms with Crippen molar-refractivity contribution in [3.8, 4) is 5.75 Å². The molecule has 0 radical (unpaired) electrons. The van der Waals surface area contributed by atoms with Crippen LogP contribution in [0.2, 0.25) is 0 Å². The second-order valence-electron chi connectivity index (χ2n) is 4.29. The van der Waals surface area contributed by atoms with Gasteiger partial charge >= 0.3 is 0 Å². The predicted molar refractivity (Wildman–Crippen MR) is 71.0 cm³/mol. The van der Waals surface area contributed by atoms with E-state index in [1.165, 1.54) is 0 Å². The fourth-order valence-corrected chi connectivity index (χ4v) is 2.27. The van der Waals surface area contributed by atoms with E-state index >= 15 is 0 Å². The molecule has 2 aromatic rings. The number of aromatic nitrogens is 1. The Morgan fingerprint density at radius 3 is 2.52 bits per heavy atom. The number of rotatable bonds is 4. The van der Waals surface area contributed by atoms with Crippen molar-refractivity contribution < 1.29 is 21.9 Å². The number of sulfonamides is 1. The molecule has 0 atom stereocenters. The van der Waals surface area contributed by atoms with Gasteiger partial charge in [-0.1, -0.05) is 6.07 Å². The molecule has 1 aromatic carbocycles.